The number of halogens is 1. The molecule has 0 N–H and O–H groups in total. The number of nitrogens with zero attached hydrogens (tertiary/aromatic N) is 1. The summed E-state index contributed by atoms with van der Waals surface area (Å²) in [6.45, 7) is 7.52. The maximum atomic E-state index is 13.8. The third kappa shape index (κ3) is 5.01. The highest BCUT2D eigenvalue weighted by Gasteiger charge is 2.43. The topological polar surface area (TPSA) is 69.0 Å². The van der Waals surface area contributed by atoms with Crippen molar-refractivity contribution in [2.75, 3.05) is 13.2 Å². The molecule has 0 spiro atoms. The van der Waals surface area contributed by atoms with Crippen LogP contribution >= 0.6 is 11.6 Å². The van der Waals surface area contributed by atoms with E-state index in [-0.39, 0.29) is 17.1 Å². The summed E-state index contributed by atoms with van der Waals surface area (Å²) < 4.78 is 18.0. The van der Waals surface area contributed by atoms with Crippen molar-refractivity contribution in [1.29, 1.82) is 0 Å². The van der Waals surface area contributed by atoms with E-state index >= 15 is 0 Å². The normalized spacial score (nSPS) is 14.8. The van der Waals surface area contributed by atoms with Gasteiger partial charge in [0, 0.05) is 11.6 Å². The Labute approximate surface area is 226 Å². The Hall–Kier alpha value is -3.77. The van der Waals surface area contributed by atoms with Crippen LogP contribution in [0.4, 0.5) is 0 Å². The summed E-state index contributed by atoms with van der Waals surface area (Å²) in [5, 5.41) is 0.766. The Bertz CT molecular complexity index is 1530. The predicted molar refractivity (Wildman–Crippen MR) is 148 cm³/mol. The second kappa shape index (κ2) is 10.9. The summed E-state index contributed by atoms with van der Waals surface area (Å²) in [4.78, 5) is 29.2. The molecule has 1 aliphatic heterocycles. The van der Waals surface area contributed by atoms with Crippen LogP contribution < -0.4 is 14.9 Å². The van der Waals surface area contributed by atoms with Gasteiger partial charge in [0.15, 0.2) is 16.9 Å². The molecule has 6 nitrogen and oxygen atoms in total. The first-order valence-corrected chi connectivity index (χ1v) is 13.3. The molecule has 0 aliphatic carbocycles. The fourth-order valence-corrected chi connectivity index (χ4v) is 4.94. The maximum Gasteiger partial charge on any atom is 0.291 e. The van der Waals surface area contributed by atoms with Gasteiger partial charge in [-0.2, -0.15) is 0 Å². The minimum atomic E-state index is -0.666. The minimum Gasteiger partial charge on any atom is -0.490 e. The number of rotatable bonds is 9. The number of hydrogen-bond donors (Lipinski definition) is 0. The van der Waals surface area contributed by atoms with Gasteiger partial charge in [0.2, 0.25) is 5.76 Å². The molecule has 1 aromatic heterocycles. The number of hydrogen-bond acceptors (Lipinski definition) is 5. The third-order valence-corrected chi connectivity index (χ3v) is 6.89. The lowest BCUT2D eigenvalue weighted by Gasteiger charge is -2.26. The molecule has 0 bridgehead atoms. The van der Waals surface area contributed by atoms with Crippen LogP contribution in [0.15, 0.2) is 75.9 Å². The first-order chi connectivity index (χ1) is 18.4. The highest BCUT2D eigenvalue weighted by Crippen LogP contribution is 2.42. The Kier molecular flexibility index (Phi) is 7.43. The lowest BCUT2D eigenvalue weighted by atomic mass is 9.97. The molecule has 2 heterocycles. The van der Waals surface area contributed by atoms with Crippen LogP contribution in [-0.4, -0.2) is 24.0 Å². The van der Waals surface area contributed by atoms with E-state index in [1.807, 2.05) is 55.5 Å². The van der Waals surface area contributed by atoms with Gasteiger partial charge in [-0.25, -0.2) is 0 Å². The van der Waals surface area contributed by atoms with Gasteiger partial charge in [-0.15, -0.1) is 0 Å². The van der Waals surface area contributed by atoms with Gasteiger partial charge in [-0.05, 0) is 60.7 Å². The van der Waals surface area contributed by atoms with Crippen LogP contribution in [0.3, 0.4) is 0 Å². The molecule has 7 heteroatoms. The van der Waals surface area contributed by atoms with Crippen LogP contribution in [-0.2, 0) is 6.54 Å². The Morgan fingerprint density at radius 3 is 2.50 bits per heavy atom. The maximum absolute atomic E-state index is 13.8. The van der Waals surface area contributed by atoms with Crippen molar-refractivity contribution in [3.8, 4) is 11.5 Å². The lowest BCUT2D eigenvalue weighted by Crippen LogP contribution is -2.29. The van der Waals surface area contributed by atoms with Crippen LogP contribution in [0.1, 0.15) is 60.5 Å². The number of fused-ring (bicyclic) bond motifs is 2. The second-order valence-electron chi connectivity index (χ2n) is 9.81. The van der Waals surface area contributed by atoms with Crippen molar-refractivity contribution in [1.82, 2.24) is 4.90 Å². The molecule has 0 saturated heterocycles. The molecule has 38 heavy (non-hydrogen) atoms. The smallest absolute Gasteiger partial charge is 0.291 e. The summed E-state index contributed by atoms with van der Waals surface area (Å²) >= 11 is 6.21. The summed E-state index contributed by atoms with van der Waals surface area (Å²) in [7, 11) is 0. The number of amides is 1. The van der Waals surface area contributed by atoms with Crippen molar-refractivity contribution in [3.63, 3.8) is 0 Å². The van der Waals surface area contributed by atoms with Crippen LogP contribution in [0, 0.1) is 5.92 Å². The van der Waals surface area contributed by atoms with Gasteiger partial charge in [0.05, 0.1) is 30.2 Å². The lowest BCUT2D eigenvalue weighted by molar-refractivity contribution is 0.0714. The molecule has 4 aromatic rings. The van der Waals surface area contributed by atoms with Gasteiger partial charge in [0.1, 0.15) is 5.58 Å². The Balaban J connectivity index is 1.64. The van der Waals surface area contributed by atoms with Crippen LogP contribution in [0.5, 0.6) is 11.5 Å². The number of ether oxygens (including phenoxy) is 2. The van der Waals surface area contributed by atoms with Crippen molar-refractivity contribution in [2.24, 2.45) is 5.92 Å². The summed E-state index contributed by atoms with van der Waals surface area (Å²) in [5.41, 5.74) is 2.04. The second-order valence-corrected chi connectivity index (χ2v) is 10.2. The molecule has 0 radical (unpaired) electrons. The highest BCUT2D eigenvalue weighted by molar-refractivity contribution is 6.31. The van der Waals surface area contributed by atoms with Gasteiger partial charge >= 0.3 is 0 Å². The Morgan fingerprint density at radius 2 is 1.76 bits per heavy atom. The van der Waals surface area contributed by atoms with Gasteiger partial charge in [0.25, 0.3) is 5.91 Å². The molecule has 1 amide bonds. The largest absolute Gasteiger partial charge is 0.490 e. The first kappa shape index (κ1) is 25.9. The highest BCUT2D eigenvalue weighted by atomic mass is 35.5. The molecular weight excluding hydrogens is 502 g/mol. The molecule has 1 aliphatic rings. The molecule has 0 fully saturated rings. The third-order valence-electron chi connectivity index (χ3n) is 6.66. The van der Waals surface area contributed by atoms with Gasteiger partial charge in [-0.1, -0.05) is 61.8 Å². The molecule has 1 atom stereocenters. The van der Waals surface area contributed by atoms with E-state index in [1.165, 1.54) is 0 Å². The quantitative estimate of drug-likeness (QED) is 0.232. The number of carbonyl (C=O) groups excluding carboxylic acids is 1. The van der Waals surface area contributed by atoms with E-state index in [0.29, 0.717) is 58.7 Å². The van der Waals surface area contributed by atoms with Crippen LogP contribution in [0.2, 0.25) is 5.02 Å². The predicted octanol–water partition coefficient (Wildman–Crippen LogP) is 7.02. The monoisotopic (exact) mass is 531 g/mol. The van der Waals surface area contributed by atoms with Crippen molar-refractivity contribution in [3.05, 3.63) is 104 Å². The van der Waals surface area contributed by atoms with Crippen LogP contribution in [0.25, 0.3) is 11.0 Å². The summed E-state index contributed by atoms with van der Waals surface area (Å²) in [6, 6.07) is 19.5. The molecule has 1 unspecified atom stereocenters. The van der Waals surface area contributed by atoms with E-state index in [0.717, 1.165) is 17.5 Å². The average molecular weight is 532 g/mol. The first-order valence-electron chi connectivity index (χ1n) is 12.9. The summed E-state index contributed by atoms with van der Waals surface area (Å²) in [5.74, 6) is 1.44. The van der Waals surface area contributed by atoms with E-state index < -0.39 is 6.04 Å². The van der Waals surface area contributed by atoms with Crippen molar-refractivity contribution >= 4 is 28.5 Å². The average Bonchev–Trinajstić information content (AvgIpc) is 3.17. The SMILES string of the molecule is CCOc1cc(C2c3c(oc4ccc(Cl)cc4c3=O)C(=O)N2Cc2ccccc2)ccc1OCCC(C)C. The van der Waals surface area contributed by atoms with Crippen molar-refractivity contribution < 1.29 is 18.7 Å². The minimum absolute atomic E-state index is 0.0565. The van der Waals surface area contributed by atoms with E-state index in [2.05, 4.69) is 13.8 Å². The summed E-state index contributed by atoms with van der Waals surface area (Å²) in [6.07, 6.45) is 0.916. The zero-order valence-corrected chi connectivity index (χ0v) is 22.5. The number of benzene rings is 3. The molecular formula is C31H30ClNO5. The molecule has 0 saturated carbocycles. The number of carbonyl (C=O) groups is 1. The standard InChI is InChI=1S/C31H30ClNO5/c1-4-36-26-16-21(10-12-25(26)37-15-14-19(2)3)28-27-29(34)23-17-22(32)11-13-24(23)38-30(27)31(35)33(28)18-20-8-6-5-7-9-20/h5-13,16-17,19,28H,4,14-15,18H2,1-3H3. The van der Waals surface area contributed by atoms with Gasteiger partial charge < -0.3 is 18.8 Å². The van der Waals surface area contributed by atoms with Crippen molar-refractivity contribution in [2.45, 2.75) is 39.8 Å². The molecule has 196 valence electrons. The fourth-order valence-electron chi connectivity index (χ4n) is 4.77. The zero-order chi connectivity index (χ0) is 26.8. The van der Waals surface area contributed by atoms with Gasteiger partial charge in [-0.3, -0.25) is 9.59 Å². The van der Waals surface area contributed by atoms with E-state index in [9.17, 15) is 9.59 Å². The Morgan fingerprint density at radius 1 is 0.974 bits per heavy atom. The molecule has 5 rings (SSSR count). The zero-order valence-electron chi connectivity index (χ0n) is 21.7. The fraction of sp³-hybridized carbons (Fsp3) is 0.290. The van der Waals surface area contributed by atoms with E-state index in [1.54, 1.807) is 23.1 Å². The molecule has 3 aromatic carbocycles. The van der Waals surface area contributed by atoms with E-state index in [4.69, 9.17) is 25.5 Å².